The van der Waals surface area contributed by atoms with Gasteiger partial charge in [0.2, 0.25) is 5.89 Å². The molecule has 1 fully saturated rings. The minimum atomic E-state index is -0.164. The smallest absolute Gasteiger partial charge is 0.223 e. The van der Waals surface area contributed by atoms with Gasteiger partial charge in [0.05, 0.1) is 6.54 Å². The quantitative estimate of drug-likeness (QED) is 0.849. The fraction of sp³-hybridized carbons (Fsp3) is 0.529. The summed E-state index contributed by atoms with van der Waals surface area (Å²) in [6.07, 6.45) is 4.64. The number of halogens is 1. The van der Waals surface area contributed by atoms with Crippen LogP contribution in [0.5, 0.6) is 0 Å². The van der Waals surface area contributed by atoms with Crippen LogP contribution in [0.4, 0.5) is 4.39 Å². The van der Waals surface area contributed by atoms with Crippen LogP contribution in [0.25, 0.3) is 0 Å². The first-order valence-corrected chi connectivity index (χ1v) is 7.95. The minimum Gasteiger partial charge on any atom is -0.340 e. The zero-order valence-electron chi connectivity index (χ0n) is 13.0. The Kier molecular flexibility index (Phi) is 4.83. The van der Waals surface area contributed by atoms with Crippen molar-refractivity contribution >= 4 is 0 Å². The van der Waals surface area contributed by atoms with Crippen LogP contribution in [0.2, 0.25) is 0 Å². The third kappa shape index (κ3) is 4.13. The standard InChI is InChI=1S/C17H22FN3O/c1-13-19-17(20-22-13)12-21-10-2-3-15(11-21)5-4-14-6-8-16(18)9-7-14/h6-9,15H,2-5,10-12H2,1H3. The first-order chi connectivity index (χ1) is 10.7. The van der Waals surface area contributed by atoms with Crippen LogP contribution >= 0.6 is 0 Å². The van der Waals surface area contributed by atoms with E-state index in [9.17, 15) is 4.39 Å². The Morgan fingerprint density at radius 1 is 1.32 bits per heavy atom. The van der Waals surface area contributed by atoms with Gasteiger partial charge in [-0.3, -0.25) is 4.90 Å². The van der Waals surface area contributed by atoms with E-state index in [1.807, 2.05) is 19.1 Å². The van der Waals surface area contributed by atoms with Crippen molar-refractivity contribution in [2.24, 2.45) is 5.92 Å². The summed E-state index contributed by atoms with van der Waals surface area (Å²) >= 11 is 0. The first kappa shape index (κ1) is 15.2. The molecule has 1 unspecified atom stereocenters. The molecule has 118 valence electrons. The Hall–Kier alpha value is -1.75. The predicted octanol–water partition coefficient (Wildman–Crippen LogP) is 3.36. The topological polar surface area (TPSA) is 42.2 Å². The molecule has 1 saturated heterocycles. The Balaban J connectivity index is 1.49. The van der Waals surface area contributed by atoms with Crippen LogP contribution in [0, 0.1) is 18.7 Å². The average molecular weight is 303 g/mol. The maximum atomic E-state index is 12.9. The summed E-state index contributed by atoms with van der Waals surface area (Å²) in [6, 6.07) is 6.86. The molecule has 22 heavy (non-hydrogen) atoms. The predicted molar refractivity (Wildman–Crippen MR) is 81.8 cm³/mol. The molecule has 2 heterocycles. The minimum absolute atomic E-state index is 0.164. The molecule has 1 aliphatic rings. The molecule has 0 amide bonds. The number of aromatic nitrogens is 2. The molecule has 0 N–H and O–H groups in total. The Bertz CT molecular complexity index is 596. The maximum absolute atomic E-state index is 12.9. The second kappa shape index (κ2) is 7.01. The van der Waals surface area contributed by atoms with Gasteiger partial charge in [-0.2, -0.15) is 4.98 Å². The van der Waals surface area contributed by atoms with E-state index in [0.29, 0.717) is 11.8 Å². The van der Waals surface area contributed by atoms with Gasteiger partial charge in [-0.05, 0) is 55.8 Å². The van der Waals surface area contributed by atoms with Crippen molar-refractivity contribution < 1.29 is 8.91 Å². The molecule has 0 saturated carbocycles. The molecular formula is C17H22FN3O. The van der Waals surface area contributed by atoms with E-state index < -0.39 is 0 Å². The number of piperidine rings is 1. The van der Waals surface area contributed by atoms with Gasteiger partial charge in [-0.15, -0.1) is 0 Å². The lowest BCUT2D eigenvalue weighted by Gasteiger charge is -2.31. The molecule has 5 heteroatoms. The van der Waals surface area contributed by atoms with Gasteiger partial charge in [-0.25, -0.2) is 4.39 Å². The Morgan fingerprint density at radius 3 is 2.86 bits per heavy atom. The molecule has 1 aromatic carbocycles. The lowest BCUT2D eigenvalue weighted by molar-refractivity contribution is 0.157. The zero-order chi connectivity index (χ0) is 15.4. The second-order valence-electron chi connectivity index (χ2n) is 6.14. The summed E-state index contributed by atoms with van der Waals surface area (Å²) in [5.41, 5.74) is 1.22. The van der Waals surface area contributed by atoms with Crippen LogP contribution in [0.3, 0.4) is 0 Å². The van der Waals surface area contributed by atoms with Crippen molar-refractivity contribution in [1.82, 2.24) is 15.0 Å². The van der Waals surface area contributed by atoms with Crippen molar-refractivity contribution in [2.75, 3.05) is 13.1 Å². The largest absolute Gasteiger partial charge is 0.340 e. The van der Waals surface area contributed by atoms with Gasteiger partial charge < -0.3 is 4.52 Å². The van der Waals surface area contributed by atoms with Gasteiger partial charge in [0, 0.05) is 13.5 Å². The molecule has 1 atom stereocenters. The molecule has 4 nitrogen and oxygen atoms in total. The fourth-order valence-electron chi connectivity index (χ4n) is 3.16. The first-order valence-electron chi connectivity index (χ1n) is 7.95. The third-order valence-electron chi connectivity index (χ3n) is 4.29. The molecule has 1 aromatic heterocycles. The number of benzene rings is 1. The summed E-state index contributed by atoms with van der Waals surface area (Å²) < 4.78 is 17.9. The van der Waals surface area contributed by atoms with Crippen molar-refractivity contribution in [2.45, 2.75) is 39.2 Å². The number of hydrogen-bond donors (Lipinski definition) is 0. The highest BCUT2D eigenvalue weighted by molar-refractivity contribution is 5.16. The molecule has 0 aliphatic carbocycles. The zero-order valence-corrected chi connectivity index (χ0v) is 13.0. The van der Waals surface area contributed by atoms with Crippen molar-refractivity contribution in [3.8, 4) is 0 Å². The summed E-state index contributed by atoms with van der Waals surface area (Å²) in [5.74, 6) is 1.92. The fourth-order valence-corrected chi connectivity index (χ4v) is 3.16. The molecule has 2 aromatic rings. The van der Waals surface area contributed by atoms with E-state index >= 15 is 0 Å². The Labute approximate surface area is 130 Å². The van der Waals surface area contributed by atoms with Crippen molar-refractivity contribution in [3.63, 3.8) is 0 Å². The second-order valence-corrected chi connectivity index (χ2v) is 6.14. The van der Waals surface area contributed by atoms with E-state index in [0.717, 1.165) is 38.3 Å². The molecule has 0 radical (unpaired) electrons. The average Bonchev–Trinajstić information content (AvgIpc) is 2.92. The molecule has 3 rings (SSSR count). The lowest BCUT2D eigenvalue weighted by atomic mass is 9.91. The highest BCUT2D eigenvalue weighted by Crippen LogP contribution is 2.22. The van der Waals surface area contributed by atoms with Crippen LogP contribution in [-0.4, -0.2) is 28.1 Å². The van der Waals surface area contributed by atoms with Gasteiger partial charge in [0.15, 0.2) is 5.82 Å². The Morgan fingerprint density at radius 2 is 2.14 bits per heavy atom. The van der Waals surface area contributed by atoms with E-state index in [1.54, 1.807) is 12.1 Å². The highest BCUT2D eigenvalue weighted by atomic mass is 19.1. The summed E-state index contributed by atoms with van der Waals surface area (Å²) in [5, 5.41) is 3.97. The van der Waals surface area contributed by atoms with Crippen molar-refractivity contribution in [3.05, 3.63) is 47.4 Å². The number of likely N-dealkylation sites (tertiary alicyclic amines) is 1. The summed E-state index contributed by atoms with van der Waals surface area (Å²) in [4.78, 5) is 6.68. The molecule has 1 aliphatic heterocycles. The van der Waals surface area contributed by atoms with Gasteiger partial charge in [0.25, 0.3) is 0 Å². The molecule has 0 spiro atoms. The van der Waals surface area contributed by atoms with E-state index in [1.165, 1.54) is 18.4 Å². The van der Waals surface area contributed by atoms with Crippen LogP contribution in [-0.2, 0) is 13.0 Å². The number of nitrogens with zero attached hydrogens (tertiary/aromatic N) is 3. The van der Waals surface area contributed by atoms with Crippen LogP contribution in [0.1, 0.15) is 36.5 Å². The van der Waals surface area contributed by atoms with E-state index in [-0.39, 0.29) is 5.82 Å². The molecular weight excluding hydrogens is 281 g/mol. The van der Waals surface area contributed by atoms with E-state index in [4.69, 9.17) is 4.52 Å². The van der Waals surface area contributed by atoms with Crippen LogP contribution < -0.4 is 0 Å². The maximum Gasteiger partial charge on any atom is 0.223 e. The van der Waals surface area contributed by atoms with E-state index in [2.05, 4.69) is 15.0 Å². The van der Waals surface area contributed by atoms with Gasteiger partial charge in [-0.1, -0.05) is 17.3 Å². The van der Waals surface area contributed by atoms with Gasteiger partial charge >= 0.3 is 0 Å². The molecule has 0 bridgehead atoms. The summed E-state index contributed by atoms with van der Waals surface area (Å²) in [7, 11) is 0. The number of hydrogen-bond acceptors (Lipinski definition) is 4. The highest BCUT2D eigenvalue weighted by Gasteiger charge is 2.21. The SMILES string of the molecule is Cc1nc(CN2CCCC(CCc3ccc(F)cc3)C2)no1. The third-order valence-corrected chi connectivity index (χ3v) is 4.29. The van der Waals surface area contributed by atoms with Crippen LogP contribution in [0.15, 0.2) is 28.8 Å². The van der Waals surface area contributed by atoms with Gasteiger partial charge in [0.1, 0.15) is 5.82 Å². The number of rotatable bonds is 5. The number of aryl methyl sites for hydroxylation is 2. The lowest BCUT2D eigenvalue weighted by Crippen LogP contribution is -2.35. The summed E-state index contributed by atoms with van der Waals surface area (Å²) in [6.45, 7) is 4.76. The van der Waals surface area contributed by atoms with Crippen molar-refractivity contribution in [1.29, 1.82) is 0 Å². The normalized spacial score (nSPS) is 19.5. The monoisotopic (exact) mass is 303 g/mol.